The van der Waals surface area contributed by atoms with Crippen LogP contribution >= 0.6 is 11.6 Å². The zero-order valence-corrected chi connectivity index (χ0v) is 15.3. The van der Waals surface area contributed by atoms with E-state index in [0.717, 1.165) is 10.8 Å². The summed E-state index contributed by atoms with van der Waals surface area (Å²) in [5, 5.41) is 4.90. The van der Waals surface area contributed by atoms with Crippen LogP contribution in [0.15, 0.2) is 48.5 Å². The standard InChI is InChI=1S/C19H17ClN4O.Li/c1-3-24(4-2)17-12-16(22-19(20)23-17)18(25)21-15-11-7-9-13-8-5-6-10-14(13)15;/h5-12H,1-4H2,(H,21,25);/q-2;+1. The molecular formula is C19H17ClLiN4O-. The molecule has 0 fully saturated rings. The Balaban J connectivity index is 0.00000243. The number of hydrogen-bond donors (Lipinski definition) is 1. The smallest absolute Gasteiger partial charge is 0.417 e. The van der Waals surface area contributed by atoms with Crippen LogP contribution in [0.5, 0.6) is 0 Å². The number of nitrogens with one attached hydrogen (secondary N) is 1. The van der Waals surface area contributed by atoms with Gasteiger partial charge in [0, 0.05) is 17.1 Å². The normalized spacial score (nSPS) is 10.3. The first-order valence-corrected chi connectivity index (χ1v) is 8.17. The maximum Gasteiger partial charge on any atom is 1.00 e. The Hall–Kier alpha value is -2.06. The number of aromatic nitrogens is 2. The summed E-state index contributed by atoms with van der Waals surface area (Å²) in [6.07, 6.45) is 0. The van der Waals surface area contributed by atoms with Crippen molar-refractivity contribution in [3.8, 4) is 0 Å². The molecule has 26 heavy (non-hydrogen) atoms. The van der Waals surface area contributed by atoms with Crippen LogP contribution in [0.3, 0.4) is 0 Å². The number of carbonyl (C=O) groups is 1. The van der Waals surface area contributed by atoms with Crippen LogP contribution < -0.4 is 29.1 Å². The summed E-state index contributed by atoms with van der Waals surface area (Å²) >= 11 is 5.98. The van der Waals surface area contributed by atoms with E-state index in [1.165, 1.54) is 0 Å². The third-order valence-electron chi connectivity index (χ3n) is 3.82. The van der Waals surface area contributed by atoms with Gasteiger partial charge in [0.25, 0.3) is 5.91 Å². The van der Waals surface area contributed by atoms with E-state index in [9.17, 15) is 4.79 Å². The van der Waals surface area contributed by atoms with E-state index in [4.69, 9.17) is 11.6 Å². The van der Waals surface area contributed by atoms with Crippen molar-refractivity contribution in [1.82, 2.24) is 9.97 Å². The maximum absolute atomic E-state index is 12.7. The average Bonchev–Trinajstić information content (AvgIpc) is 2.62. The summed E-state index contributed by atoms with van der Waals surface area (Å²) in [6, 6.07) is 15.1. The van der Waals surface area contributed by atoms with Gasteiger partial charge in [-0.3, -0.25) is 4.79 Å². The van der Waals surface area contributed by atoms with Gasteiger partial charge >= 0.3 is 18.9 Å². The second-order valence-electron chi connectivity index (χ2n) is 5.35. The van der Waals surface area contributed by atoms with Gasteiger partial charge in [0.15, 0.2) is 0 Å². The molecule has 3 aromatic rings. The quantitative estimate of drug-likeness (QED) is 0.420. The van der Waals surface area contributed by atoms with E-state index in [1.807, 2.05) is 42.5 Å². The van der Waals surface area contributed by atoms with Crippen molar-refractivity contribution in [1.29, 1.82) is 0 Å². The molecule has 0 aliphatic carbocycles. The predicted octanol–water partition coefficient (Wildman–Crippen LogP) is 1.01. The van der Waals surface area contributed by atoms with Crippen molar-refractivity contribution in [3.63, 3.8) is 0 Å². The van der Waals surface area contributed by atoms with Gasteiger partial charge in [0.2, 0.25) is 5.28 Å². The molecule has 2 aromatic carbocycles. The molecule has 0 aliphatic rings. The monoisotopic (exact) mass is 359 g/mol. The molecule has 7 heteroatoms. The van der Waals surface area contributed by atoms with Gasteiger partial charge < -0.3 is 24.1 Å². The van der Waals surface area contributed by atoms with Gasteiger partial charge in [0.05, 0.1) is 0 Å². The van der Waals surface area contributed by atoms with Gasteiger partial charge in [-0.25, -0.2) is 9.97 Å². The third-order valence-corrected chi connectivity index (χ3v) is 3.99. The molecule has 0 spiro atoms. The first-order chi connectivity index (χ1) is 12.1. The van der Waals surface area contributed by atoms with Crippen molar-refractivity contribution in [3.05, 3.63) is 73.4 Å². The van der Waals surface area contributed by atoms with Gasteiger partial charge in [-0.2, -0.15) is 0 Å². The van der Waals surface area contributed by atoms with E-state index in [2.05, 4.69) is 29.1 Å². The predicted molar refractivity (Wildman–Crippen MR) is 102 cm³/mol. The Morgan fingerprint density at radius 3 is 2.50 bits per heavy atom. The summed E-state index contributed by atoms with van der Waals surface area (Å²) < 4.78 is 0. The zero-order chi connectivity index (χ0) is 17.8. The first kappa shape index (κ1) is 20.3. The summed E-state index contributed by atoms with van der Waals surface area (Å²) in [5.41, 5.74) is 0.903. The number of rotatable bonds is 5. The molecule has 1 N–H and O–H groups in total. The van der Waals surface area contributed by atoms with Crippen molar-refractivity contribution in [2.24, 2.45) is 0 Å². The summed E-state index contributed by atoms with van der Waals surface area (Å²) in [6.45, 7) is 8.56. The summed E-state index contributed by atoms with van der Waals surface area (Å²) in [5.74, 6) is 0.169. The Kier molecular flexibility index (Phi) is 7.04. The van der Waals surface area contributed by atoms with Crippen molar-refractivity contribution in [2.45, 2.75) is 0 Å². The molecule has 0 aliphatic heterocycles. The number of hydrogen-bond acceptors (Lipinski definition) is 4. The van der Waals surface area contributed by atoms with Crippen LogP contribution in [-0.4, -0.2) is 29.0 Å². The van der Waals surface area contributed by atoms with E-state index in [0.29, 0.717) is 24.6 Å². The number of amides is 1. The van der Waals surface area contributed by atoms with Gasteiger partial charge in [-0.05, 0) is 23.1 Å². The maximum atomic E-state index is 12.7. The van der Waals surface area contributed by atoms with Crippen LogP contribution in [0.4, 0.5) is 11.5 Å². The van der Waals surface area contributed by atoms with Crippen LogP contribution in [0.1, 0.15) is 10.5 Å². The molecule has 3 rings (SSSR count). The Bertz CT molecular complexity index is 910. The minimum Gasteiger partial charge on any atom is -0.417 e. The fourth-order valence-corrected chi connectivity index (χ4v) is 2.72. The fourth-order valence-electron chi connectivity index (χ4n) is 2.55. The molecule has 0 bridgehead atoms. The fraction of sp³-hybridized carbons (Fsp3) is 0.105. The van der Waals surface area contributed by atoms with Crippen LogP contribution in [-0.2, 0) is 0 Å². The summed E-state index contributed by atoms with van der Waals surface area (Å²) in [7, 11) is 0. The average molecular weight is 360 g/mol. The van der Waals surface area contributed by atoms with E-state index in [1.54, 1.807) is 11.0 Å². The number of nitrogens with zero attached hydrogens (tertiary/aromatic N) is 3. The van der Waals surface area contributed by atoms with Crippen molar-refractivity contribution in [2.75, 3.05) is 23.3 Å². The second kappa shape index (κ2) is 9.04. The molecular weight excluding hydrogens is 343 g/mol. The molecule has 5 nitrogen and oxygen atoms in total. The SMILES string of the molecule is [CH2-]CN(C[CH2-])c1cc(C(=O)Nc2cccc3ccccc23)nc(Cl)n1.[Li+]. The minimum absolute atomic E-state index is 0. The molecule has 1 amide bonds. The van der Waals surface area contributed by atoms with E-state index < -0.39 is 0 Å². The zero-order valence-electron chi connectivity index (χ0n) is 14.6. The Labute approximate surface area is 170 Å². The van der Waals surface area contributed by atoms with Crippen LogP contribution in [0.25, 0.3) is 10.8 Å². The number of benzene rings is 2. The van der Waals surface area contributed by atoms with Crippen molar-refractivity contribution >= 4 is 39.8 Å². The Morgan fingerprint density at radius 1 is 1.08 bits per heavy atom. The Morgan fingerprint density at radius 2 is 1.77 bits per heavy atom. The van der Waals surface area contributed by atoms with Crippen molar-refractivity contribution < 1.29 is 23.7 Å². The molecule has 1 aromatic heterocycles. The van der Waals surface area contributed by atoms with Crippen LogP contribution in [0, 0.1) is 13.8 Å². The van der Waals surface area contributed by atoms with E-state index in [-0.39, 0.29) is 35.7 Å². The summed E-state index contributed by atoms with van der Waals surface area (Å²) in [4.78, 5) is 22.6. The van der Waals surface area contributed by atoms with Crippen LogP contribution in [0.2, 0.25) is 5.28 Å². The number of anilines is 2. The first-order valence-electron chi connectivity index (χ1n) is 7.79. The largest absolute Gasteiger partial charge is 1.00 e. The third kappa shape index (κ3) is 4.37. The molecule has 0 saturated heterocycles. The topological polar surface area (TPSA) is 58.1 Å². The molecule has 1 heterocycles. The number of halogens is 1. The van der Waals surface area contributed by atoms with Gasteiger partial charge in [0.1, 0.15) is 11.5 Å². The molecule has 0 unspecified atom stereocenters. The number of carbonyl (C=O) groups excluding carboxylic acids is 1. The number of fused-ring (bicyclic) bond motifs is 1. The molecule has 0 saturated carbocycles. The molecule has 0 atom stereocenters. The second-order valence-corrected chi connectivity index (χ2v) is 5.69. The minimum atomic E-state index is -0.352. The van der Waals surface area contributed by atoms with Gasteiger partial charge in [-0.1, -0.05) is 36.4 Å². The van der Waals surface area contributed by atoms with Gasteiger partial charge in [-0.15, -0.1) is 13.1 Å². The van der Waals surface area contributed by atoms with E-state index >= 15 is 0 Å². The molecule has 128 valence electrons. The molecule has 0 radical (unpaired) electrons.